The summed E-state index contributed by atoms with van der Waals surface area (Å²) >= 11 is 1.58. The average molecular weight is 578 g/mol. The molecular formula is C33H43N3O4S. The van der Waals surface area contributed by atoms with Gasteiger partial charge >= 0.3 is 6.09 Å². The number of carbonyl (C=O) groups excluding carboxylic acids is 3. The van der Waals surface area contributed by atoms with E-state index in [2.05, 4.69) is 10.6 Å². The molecule has 0 bridgehead atoms. The van der Waals surface area contributed by atoms with Gasteiger partial charge in [-0.05, 0) is 95.4 Å². The molecule has 0 aromatic heterocycles. The predicted octanol–water partition coefficient (Wildman–Crippen LogP) is 7.10. The third kappa shape index (κ3) is 8.98. The maximum Gasteiger partial charge on any atom is 0.408 e. The number of amides is 3. The fourth-order valence-corrected chi connectivity index (χ4v) is 5.16. The van der Waals surface area contributed by atoms with Crippen molar-refractivity contribution in [3.63, 3.8) is 0 Å². The van der Waals surface area contributed by atoms with Crippen molar-refractivity contribution >= 4 is 46.1 Å². The van der Waals surface area contributed by atoms with Crippen LogP contribution in [0.25, 0.3) is 10.8 Å². The SMILES string of the molecule is CSCCC(NC(=O)OC(C)(C)C)C(=O)N(C(C(=O)Nc1ccc2ccccc2c1)c1cccc(C)c1)C(C)(C)C. The van der Waals surface area contributed by atoms with Gasteiger partial charge in [0, 0.05) is 11.2 Å². The fourth-order valence-electron chi connectivity index (χ4n) is 4.69. The summed E-state index contributed by atoms with van der Waals surface area (Å²) in [6, 6.07) is 19.5. The molecule has 3 rings (SSSR count). The smallest absolute Gasteiger partial charge is 0.408 e. The molecule has 3 amide bonds. The highest BCUT2D eigenvalue weighted by atomic mass is 32.2. The number of alkyl carbamates (subject to hydrolysis) is 1. The molecule has 0 heterocycles. The van der Waals surface area contributed by atoms with Gasteiger partial charge in [0.2, 0.25) is 5.91 Å². The molecule has 2 atom stereocenters. The summed E-state index contributed by atoms with van der Waals surface area (Å²) in [5, 5.41) is 7.92. The molecule has 0 saturated carbocycles. The second-order valence-corrected chi connectivity index (χ2v) is 13.2. The number of nitrogens with zero attached hydrogens (tertiary/aromatic N) is 1. The largest absolute Gasteiger partial charge is 0.444 e. The Morgan fingerprint density at radius 1 is 0.902 bits per heavy atom. The van der Waals surface area contributed by atoms with Gasteiger partial charge in [0.05, 0.1) is 0 Å². The minimum Gasteiger partial charge on any atom is -0.444 e. The van der Waals surface area contributed by atoms with E-state index in [1.54, 1.807) is 37.4 Å². The van der Waals surface area contributed by atoms with Gasteiger partial charge in [0.1, 0.15) is 17.7 Å². The Labute approximate surface area is 248 Å². The first-order valence-electron chi connectivity index (χ1n) is 13.9. The second kappa shape index (κ2) is 13.4. The van der Waals surface area contributed by atoms with Crippen LogP contribution in [0.3, 0.4) is 0 Å². The van der Waals surface area contributed by atoms with Gasteiger partial charge < -0.3 is 20.3 Å². The Bertz CT molecular complexity index is 1380. The maximum absolute atomic E-state index is 14.4. The van der Waals surface area contributed by atoms with Crippen molar-refractivity contribution in [3.8, 4) is 0 Å². The summed E-state index contributed by atoms with van der Waals surface area (Å²) in [5.41, 5.74) is 0.813. The van der Waals surface area contributed by atoms with Crippen molar-refractivity contribution in [2.24, 2.45) is 0 Å². The number of anilines is 1. The number of rotatable bonds is 9. The predicted molar refractivity (Wildman–Crippen MR) is 169 cm³/mol. The van der Waals surface area contributed by atoms with E-state index in [4.69, 9.17) is 4.74 Å². The van der Waals surface area contributed by atoms with Gasteiger partial charge in [-0.3, -0.25) is 9.59 Å². The number of nitrogens with one attached hydrogen (secondary N) is 2. The lowest BCUT2D eigenvalue weighted by Crippen LogP contribution is -2.58. The first-order valence-corrected chi connectivity index (χ1v) is 15.3. The molecule has 220 valence electrons. The van der Waals surface area contributed by atoms with Crippen LogP contribution in [0.5, 0.6) is 0 Å². The third-order valence-electron chi connectivity index (χ3n) is 6.44. The maximum atomic E-state index is 14.4. The molecule has 0 radical (unpaired) electrons. The lowest BCUT2D eigenvalue weighted by molar-refractivity contribution is -0.146. The highest BCUT2D eigenvalue weighted by Gasteiger charge is 2.42. The van der Waals surface area contributed by atoms with Crippen molar-refractivity contribution in [3.05, 3.63) is 77.9 Å². The highest BCUT2D eigenvalue weighted by molar-refractivity contribution is 7.98. The van der Waals surface area contributed by atoms with Crippen molar-refractivity contribution in [2.75, 3.05) is 17.3 Å². The van der Waals surface area contributed by atoms with Crippen molar-refractivity contribution in [1.82, 2.24) is 10.2 Å². The van der Waals surface area contributed by atoms with Crippen LogP contribution >= 0.6 is 11.8 Å². The van der Waals surface area contributed by atoms with Crippen LogP contribution in [-0.2, 0) is 14.3 Å². The number of hydrogen-bond acceptors (Lipinski definition) is 5. The lowest BCUT2D eigenvalue weighted by Gasteiger charge is -2.43. The number of hydrogen-bond donors (Lipinski definition) is 2. The number of fused-ring (bicyclic) bond motifs is 1. The number of thioether (sulfide) groups is 1. The van der Waals surface area contributed by atoms with Crippen molar-refractivity contribution < 1.29 is 19.1 Å². The summed E-state index contributed by atoms with van der Waals surface area (Å²) in [7, 11) is 0. The summed E-state index contributed by atoms with van der Waals surface area (Å²) < 4.78 is 5.48. The molecule has 7 nitrogen and oxygen atoms in total. The molecule has 0 fully saturated rings. The van der Waals surface area contributed by atoms with Crippen LogP contribution in [0.2, 0.25) is 0 Å². The first kappa shape index (κ1) is 32.0. The van der Waals surface area contributed by atoms with Crippen molar-refractivity contribution in [1.29, 1.82) is 0 Å². The molecule has 2 unspecified atom stereocenters. The molecule has 0 aliphatic carbocycles. The van der Waals surface area contributed by atoms with Gasteiger partial charge in [-0.15, -0.1) is 0 Å². The molecule has 0 aliphatic rings. The Morgan fingerprint density at radius 2 is 1.59 bits per heavy atom. The zero-order valence-electron chi connectivity index (χ0n) is 25.4. The molecule has 0 aliphatic heterocycles. The topological polar surface area (TPSA) is 87.7 Å². The molecule has 3 aromatic rings. The van der Waals surface area contributed by atoms with E-state index in [-0.39, 0.29) is 11.8 Å². The summed E-state index contributed by atoms with van der Waals surface area (Å²) in [5.74, 6) is -0.0459. The van der Waals surface area contributed by atoms with Crippen LogP contribution in [0.1, 0.15) is 65.1 Å². The van der Waals surface area contributed by atoms with E-state index in [9.17, 15) is 14.4 Å². The van der Waals surface area contributed by atoms with E-state index in [1.165, 1.54) is 0 Å². The number of carbonyl (C=O) groups is 3. The van der Waals surface area contributed by atoms with Gasteiger partial charge in [-0.25, -0.2) is 4.79 Å². The number of benzene rings is 3. The van der Waals surface area contributed by atoms with Gasteiger partial charge in [-0.2, -0.15) is 11.8 Å². The molecular weight excluding hydrogens is 534 g/mol. The average Bonchev–Trinajstić information content (AvgIpc) is 2.87. The molecule has 0 spiro atoms. The van der Waals surface area contributed by atoms with Crippen LogP contribution < -0.4 is 10.6 Å². The van der Waals surface area contributed by atoms with E-state index in [1.807, 2.05) is 101 Å². The minimum absolute atomic E-state index is 0.338. The zero-order valence-corrected chi connectivity index (χ0v) is 26.2. The van der Waals surface area contributed by atoms with Crippen LogP contribution in [-0.4, -0.2) is 52.0 Å². The first-order chi connectivity index (χ1) is 19.2. The standard InChI is InChI=1S/C33H43N3O4S/c1-22-12-11-15-25(20-22)28(29(37)34-26-17-16-23-13-9-10-14-24(23)21-26)36(32(2,3)4)30(38)27(18-19-41-8)35-31(39)40-33(5,6)7/h9-17,20-21,27-28H,18-19H2,1-8H3,(H,34,37)(H,35,39). The number of aryl methyl sites for hydroxylation is 1. The fraction of sp³-hybridized carbons (Fsp3) is 0.424. The molecule has 41 heavy (non-hydrogen) atoms. The molecule has 0 saturated heterocycles. The van der Waals surface area contributed by atoms with Crippen LogP contribution in [0.4, 0.5) is 10.5 Å². The minimum atomic E-state index is -0.953. The summed E-state index contributed by atoms with van der Waals surface area (Å²) in [6.07, 6.45) is 1.67. The van der Waals surface area contributed by atoms with Crippen molar-refractivity contribution in [2.45, 2.75) is 78.1 Å². The molecule has 3 aromatic carbocycles. The van der Waals surface area contributed by atoms with Gasteiger partial charge in [-0.1, -0.05) is 60.2 Å². The second-order valence-electron chi connectivity index (χ2n) is 12.2. The quantitative estimate of drug-likeness (QED) is 0.283. The number of ether oxygens (including phenoxy) is 1. The third-order valence-corrected chi connectivity index (χ3v) is 7.09. The summed E-state index contributed by atoms with van der Waals surface area (Å²) in [6.45, 7) is 13.0. The lowest BCUT2D eigenvalue weighted by atomic mass is 9.94. The van der Waals surface area contributed by atoms with E-state index < -0.39 is 29.3 Å². The van der Waals surface area contributed by atoms with Gasteiger partial charge in [0.25, 0.3) is 5.91 Å². The van der Waals surface area contributed by atoms with Crippen LogP contribution in [0, 0.1) is 6.92 Å². The zero-order chi connectivity index (χ0) is 30.4. The Kier molecular flexibility index (Phi) is 10.5. The van der Waals surface area contributed by atoms with E-state index in [0.717, 1.165) is 16.3 Å². The van der Waals surface area contributed by atoms with Gasteiger partial charge in [0.15, 0.2) is 0 Å². The Hall–Kier alpha value is -3.52. The van der Waals surface area contributed by atoms with E-state index in [0.29, 0.717) is 23.4 Å². The highest BCUT2D eigenvalue weighted by Crippen LogP contribution is 2.32. The Morgan fingerprint density at radius 3 is 2.20 bits per heavy atom. The molecule has 2 N–H and O–H groups in total. The monoisotopic (exact) mass is 577 g/mol. The van der Waals surface area contributed by atoms with Crippen LogP contribution in [0.15, 0.2) is 66.7 Å². The summed E-state index contributed by atoms with van der Waals surface area (Å²) in [4.78, 5) is 43.0. The molecule has 8 heteroatoms. The van der Waals surface area contributed by atoms with E-state index >= 15 is 0 Å². The Balaban J connectivity index is 2.05. The normalized spacial score (nSPS) is 13.3.